The Bertz CT molecular complexity index is 359. The molecule has 2 heterocycles. The highest BCUT2D eigenvalue weighted by Crippen LogP contribution is 1.95. The fourth-order valence-electron chi connectivity index (χ4n) is 1.48. The fourth-order valence-corrected chi connectivity index (χ4v) is 1.48. The molecule has 2 rings (SSSR count). The Kier molecular flexibility index (Phi) is 4.02. The van der Waals surface area contributed by atoms with E-state index in [4.69, 9.17) is 0 Å². The van der Waals surface area contributed by atoms with E-state index in [2.05, 4.69) is 15.3 Å². The number of nitrogens with one attached hydrogen (secondary N) is 1. The minimum atomic E-state index is 0.813. The second-order valence-corrected chi connectivity index (χ2v) is 3.57. The van der Waals surface area contributed by atoms with E-state index in [1.165, 1.54) is 0 Å². The largest absolute Gasteiger partial charge is 0.311 e. The number of pyridine rings is 2. The van der Waals surface area contributed by atoms with E-state index in [0.29, 0.717) is 0 Å². The maximum absolute atomic E-state index is 4.27. The molecule has 2 aromatic rings. The Morgan fingerprint density at radius 2 is 1.56 bits per heavy atom. The van der Waals surface area contributed by atoms with Crippen molar-refractivity contribution in [2.45, 2.75) is 13.0 Å². The molecule has 0 aliphatic rings. The molecule has 0 bridgehead atoms. The Labute approximate surface area is 95.6 Å². The SMILES string of the molecule is c1ccc(CCNCc2ccccn2)nc1. The van der Waals surface area contributed by atoms with Gasteiger partial charge in [-0.1, -0.05) is 12.1 Å². The molecule has 0 saturated heterocycles. The maximum Gasteiger partial charge on any atom is 0.0541 e. The van der Waals surface area contributed by atoms with E-state index in [-0.39, 0.29) is 0 Å². The molecule has 0 atom stereocenters. The molecule has 16 heavy (non-hydrogen) atoms. The zero-order chi connectivity index (χ0) is 11.1. The molecule has 82 valence electrons. The lowest BCUT2D eigenvalue weighted by atomic mass is 10.2. The minimum Gasteiger partial charge on any atom is -0.311 e. The summed E-state index contributed by atoms with van der Waals surface area (Å²) in [4.78, 5) is 8.51. The number of hydrogen-bond donors (Lipinski definition) is 1. The van der Waals surface area contributed by atoms with E-state index in [1.807, 2.05) is 48.8 Å². The first-order valence-electron chi connectivity index (χ1n) is 5.46. The van der Waals surface area contributed by atoms with Crippen LogP contribution in [0.15, 0.2) is 48.8 Å². The third kappa shape index (κ3) is 3.44. The molecule has 2 aromatic heterocycles. The Balaban J connectivity index is 1.70. The first-order valence-corrected chi connectivity index (χ1v) is 5.46. The van der Waals surface area contributed by atoms with Gasteiger partial charge in [0.2, 0.25) is 0 Å². The molecular formula is C13H15N3. The number of aromatic nitrogens is 2. The van der Waals surface area contributed by atoms with Crippen LogP contribution in [0.3, 0.4) is 0 Å². The zero-order valence-corrected chi connectivity index (χ0v) is 9.13. The normalized spacial score (nSPS) is 10.2. The van der Waals surface area contributed by atoms with Crippen LogP contribution < -0.4 is 5.32 Å². The summed E-state index contributed by atoms with van der Waals surface area (Å²) in [6, 6.07) is 11.9. The van der Waals surface area contributed by atoms with Gasteiger partial charge >= 0.3 is 0 Å². The molecule has 0 aromatic carbocycles. The highest BCUT2D eigenvalue weighted by Gasteiger charge is 1.94. The van der Waals surface area contributed by atoms with Gasteiger partial charge in [0.1, 0.15) is 0 Å². The van der Waals surface area contributed by atoms with Gasteiger partial charge in [-0.2, -0.15) is 0 Å². The third-order valence-corrected chi connectivity index (χ3v) is 2.32. The summed E-state index contributed by atoms with van der Waals surface area (Å²) in [5, 5.41) is 3.35. The van der Waals surface area contributed by atoms with Gasteiger partial charge in [-0.25, -0.2) is 0 Å². The summed E-state index contributed by atoms with van der Waals surface area (Å²) in [6.07, 6.45) is 4.59. The van der Waals surface area contributed by atoms with Crippen LogP contribution in [0.1, 0.15) is 11.4 Å². The first kappa shape index (κ1) is 10.8. The Morgan fingerprint density at radius 3 is 2.19 bits per heavy atom. The van der Waals surface area contributed by atoms with E-state index in [1.54, 1.807) is 0 Å². The maximum atomic E-state index is 4.27. The van der Waals surface area contributed by atoms with Crippen LogP contribution in [-0.2, 0) is 13.0 Å². The van der Waals surface area contributed by atoms with Crippen LogP contribution in [0.2, 0.25) is 0 Å². The van der Waals surface area contributed by atoms with E-state index in [9.17, 15) is 0 Å². The van der Waals surface area contributed by atoms with E-state index in [0.717, 1.165) is 30.9 Å². The van der Waals surface area contributed by atoms with Crippen LogP contribution >= 0.6 is 0 Å². The second kappa shape index (κ2) is 5.98. The molecule has 0 radical (unpaired) electrons. The molecule has 0 aliphatic carbocycles. The van der Waals surface area contributed by atoms with Crippen LogP contribution in [0.4, 0.5) is 0 Å². The van der Waals surface area contributed by atoms with Gasteiger partial charge in [-0.05, 0) is 24.3 Å². The lowest BCUT2D eigenvalue weighted by Crippen LogP contribution is -2.17. The molecule has 3 nitrogen and oxygen atoms in total. The zero-order valence-electron chi connectivity index (χ0n) is 9.13. The monoisotopic (exact) mass is 213 g/mol. The van der Waals surface area contributed by atoms with Crippen LogP contribution in [0.5, 0.6) is 0 Å². The van der Waals surface area contributed by atoms with Gasteiger partial charge < -0.3 is 5.32 Å². The molecule has 0 saturated carbocycles. The highest BCUT2D eigenvalue weighted by molar-refractivity contribution is 5.05. The summed E-state index contributed by atoms with van der Waals surface area (Å²) < 4.78 is 0. The molecule has 0 amide bonds. The molecule has 0 unspecified atom stereocenters. The summed E-state index contributed by atoms with van der Waals surface area (Å²) in [7, 11) is 0. The average Bonchev–Trinajstić information content (AvgIpc) is 2.37. The molecule has 0 fully saturated rings. The Morgan fingerprint density at radius 1 is 0.875 bits per heavy atom. The van der Waals surface area contributed by atoms with Gasteiger partial charge in [-0.3, -0.25) is 9.97 Å². The van der Waals surface area contributed by atoms with Crippen molar-refractivity contribution >= 4 is 0 Å². The lowest BCUT2D eigenvalue weighted by molar-refractivity contribution is 0.668. The topological polar surface area (TPSA) is 37.8 Å². The van der Waals surface area contributed by atoms with Gasteiger partial charge in [-0.15, -0.1) is 0 Å². The molecule has 0 aliphatic heterocycles. The predicted octanol–water partition coefficient (Wildman–Crippen LogP) is 1.81. The molecular weight excluding hydrogens is 198 g/mol. The number of hydrogen-bond acceptors (Lipinski definition) is 3. The van der Waals surface area contributed by atoms with Crippen molar-refractivity contribution in [1.82, 2.24) is 15.3 Å². The summed E-state index contributed by atoms with van der Waals surface area (Å²) in [5.41, 5.74) is 2.19. The standard InChI is InChI=1S/C13H15N3/c1-3-8-15-12(5-1)7-10-14-11-13-6-2-4-9-16-13/h1-6,8-9,14H,7,10-11H2. The number of rotatable bonds is 5. The molecule has 0 spiro atoms. The van der Waals surface area contributed by atoms with Gasteiger partial charge in [0.15, 0.2) is 0 Å². The van der Waals surface area contributed by atoms with Crippen molar-refractivity contribution in [2.24, 2.45) is 0 Å². The van der Waals surface area contributed by atoms with Crippen molar-refractivity contribution in [3.63, 3.8) is 0 Å². The highest BCUT2D eigenvalue weighted by atomic mass is 14.9. The predicted molar refractivity (Wildman–Crippen MR) is 63.9 cm³/mol. The number of nitrogens with zero attached hydrogens (tertiary/aromatic N) is 2. The third-order valence-electron chi connectivity index (χ3n) is 2.32. The fraction of sp³-hybridized carbons (Fsp3) is 0.231. The van der Waals surface area contributed by atoms with E-state index >= 15 is 0 Å². The first-order chi connectivity index (χ1) is 7.95. The quantitative estimate of drug-likeness (QED) is 0.770. The molecule has 3 heteroatoms. The van der Waals surface area contributed by atoms with Crippen molar-refractivity contribution in [3.05, 3.63) is 60.2 Å². The smallest absolute Gasteiger partial charge is 0.0541 e. The van der Waals surface area contributed by atoms with Crippen molar-refractivity contribution < 1.29 is 0 Å². The van der Waals surface area contributed by atoms with Crippen molar-refractivity contribution in [3.8, 4) is 0 Å². The molecule has 1 N–H and O–H groups in total. The summed E-state index contributed by atoms with van der Waals surface area (Å²) in [6.45, 7) is 1.74. The second-order valence-electron chi connectivity index (χ2n) is 3.57. The minimum absolute atomic E-state index is 0.813. The summed E-state index contributed by atoms with van der Waals surface area (Å²) in [5.74, 6) is 0. The van der Waals surface area contributed by atoms with Gasteiger partial charge in [0.05, 0.1) is 5.69 Å². The average molecular weight is 213 g/mol. The summed E-state index contributed by atoms with van der Waals surface area (Å²) >= 11 is 0. The van der Waals surface area contributed by atoms with Crippen LogP contribution in [-0.4, -0.2) is 16.5 Å². The van der Waals surface area contributed by atoms with Crippen molar-refractivity contribution in [2.75, 3.05) is 6.54 Å². The van der Waals surface area contributed by atoms with Gasteiger partial charge in [0.25, 0.3) is 0 Å². The van der Waals surface area contributed by atoms with Crippen LogP contribution in [0.25, 0.3) is 0 Å². The van der Waals surface area contributed by atoms with Crippen molar-refractivity contribution in [1.29, 1.82) is 0 Å². The van der Waals surface area contributed by atoms with Crippen LogP contribution in [0, 0.1) is 0 Å². The van der Waals surface area contributed by atoms with E-state index < -0.39 is 0 Å². The lowest BCUT2D eigenvalue weighted by Gasteiger charge is -2.03. The van der Waals surface area contributed by atoms with Gasteiger partial charge in [0, 0.05) is 37.6 Å². The Hall–Kier alpha value is -1.74.